The van der Waals surface area contributed by atoms with Crippen molar-refractivity contribution in [2.75, 3.05) is 12.8 Å². The molecule has 0 spiro atoms. The molecule has 1 rings (SSSR count). The number of rotatable bonds is 4. The highest BCUT2D eigenvalue weighted by Gasteiger charge is 2.22. The smallest absolute Gasteiger partial charge is 0.212 e. The van der Waals surface area contributed by atoms with Crippen LogP contribution in [0.5, 0.6) is 0 Å². The van der Waals surface area contributed by atoms with Crippen LogP contribution >= 0.6 is 0 Å². The SMILES string of the molecule is CCS(=O)(=O)N(C)C(C)c1ccc(F)cc1. The lowest BCUT2D eigenvalue weighted by Gasteiger charge is -2.23. The summed E-state index contributed by atoms with van der Waals surface area (Å²) in [4.78, 5) is 0. The minimum Gasteiger partial charge on any atom is -0.212 e. The maximum absolute atomic E-state index is 12.7. The van der Waals surface area contributed by atoms with E-state index < -0.39 is 10.0 Å². The van der Waals surface area contributed by atoms with Gasteiger partial charge >= 0.3 is 0 Å². The standard InChI is InChI=1S/C11H16FNO2S/c1-4-16(14,15)13(3)9(2)10-5-7-11(12)8-6-10/h5-9H,4H2,1-3H3. The van der Waals surface area contributed by atoms with Crippen molar-refractivity contribution < 1.29 is 12.8 Å². The number of nitrogens with zero attached hydrogens (tertiary/aromatic N) is 1. The quantitative estimate of drug-likeness (QED) is 0.815. The van der Waals surface area contributed by atoms with Gasteiger partial charge in [0, 0.05) is 13.1 Å². The van der Waals surface area contributed by atoms with Crippen LogP contribution in [0.4, 0.5) is 4.39 Å². The Kier molecular flexibility index (Phi) is 4.04. The zero-order valence-corrected chi connectivity index (χ0v) is 10.5. The maximum atomic E-state index is 12.7. The van der Waals surface area contributed by atoms with E-state index in [2.05, 4.69) is 0 Å². The molecule has 0 aromatic heterocycles. The van der Waals surface area contributed by atoms with Crippen molar-refractivity contribution in [1.29, 1.82) is 0 Å². The van der Waals surface area contributed by atoms with Gasteiger partial charge in [-0.1, -0.05) is 12.1 Å². The van der Waals surface area contributed by atoms with Crippen LogP contribution in [0.15, 0.2) is 24.3 Å². The van der Waals surface area contributed by atoms with Gasteiger partial charge in [-0.15, -0.1) is 0 Å². The van der Waals surface area contributed by atoms with Crippen LogP contribution in [0.2, 0.25) is 0 Å². The third kappa shape index (κ3) is 2.80. The average molecular weight is 245 g/mol. The number of benzene rings is 1. The van der Waals surface area contributed by atoms with Crippen molar-refractivity contribution in [3.63, 3.8) is 0 Å². The summed E-state index contributed by atoms with van der Waals surface area (Å²) in [6.45, 7) is 3.38. The van der Waals surface area contributed by atoms with Gasteiger partial charge in [0.2, 0.25) is 10.0 Å². The first-order chi connectivity index (χ1) is 7.38. The van der Waals surface area contributed by atoms with Crippen molar-refractivity contribution in [3.8, 4) is 0 Å². The van der Waals surface area contributed by atoms with Crippen LogP contribution in [-0.2, 0) is 10.0 Å². The second kappa shape index (κ2) is 4.93. The molecule has 0 fully saturated rings. The van der Waals surface area contributed by atoms with Gasteiger partial charge in [0.15, 0.2) is 0 Å². The van der Waals surface area contributed by atoms with E-state index in [4.69, 9.17) is 0 Å². The van der Waals surface area contributed by atoms with E-state index in [1.807, 2.05) is 0 Å². The second-order valence-electron chi connectivity index (χ2n) is 3.64. The molecule has 90 valence electrons. The van der Waals surface area contributed by atoms with Crippen molar-refractivity contribution >= 4 is 10.0 Å². The van der Waals surface area contributed by atoms with Gasteiger partial charge in [-0.3, -0.25) is 0 Å². The number of hydrogen-bond donors (Lipinski definition) is 0. The Labute approximate surface area is 95.9 Å². The Morgan fingerprint density at radius 2 is 1.81 bits per heavy atom. The van der Waals surface area contributed by atoms with Gasteiger partial charge in [0.05, 0.1) is 5.75 Å². The average Bonchev–Trinajstić information content (AvgIpc) is 2.28. The Bertz CT molecular complexity index is 442. The topological polar surface area (TPSA) is 37.4 Å². The van der Waals surface area contributed by atoms with E-state index in [1.54, 1.807) is 26.0 Å². The zero-order chi connectivity index (χ0) is 12.3. The predicted molar refractivity (Wildman–Crippen MR) is 62.0 cm³/mol. The zero-order valence-electron chi connectivity index (χ0n) is 9.64. The first-order valence-electron chi connectivity index (χ1n) is 5.09. The van der Waals surface area contributed by atoms with Crippen molar-refractivity contribution in [1.82, 2.24) is 4.31 Å². The molecule has 0 N–H and O–H groups in total. The highest BCUT2D eigenvalue weighted by atomic mass is 32.2. The van der Waals surface area contributed by atoms with Gasteiger partial charge in [0.25, 0.3) is 0 Å². The lowest BCUT2D eigenvalue weighted by atomic mass is 10.1. The molecular weight excluding hydrogens is 229 g/mol. The van der Waals surface area contributed by atoms with Crippen LogP contribution in [0.25, 0.3) is 0 Å². The minimum absolute atomic E-state index is 0.0645. The van der Waals surface area contributed by atoms with E-state index >= 15 is 0 Å². The molecule has 0 bridgehead atoms. The predicted octanol–water partition coefficient (Wildman–Crippen LogP) is 2.17. The van der Waals surface area contributed by atoms with E-state index in [1.165, 1.54) is 23.5 Å². The third-order valence-electron chi connectivity index (χ3n) is 2.70. The molecule has 1 aromatic rings. The Hall–Kier alpha value is -0.940. The molecule has 0 heterocycles. The highest BCUT2D eigenvalue weighted by Crippen LogP contribution is 2.21. The fraction of sp³-hybridized carbons (Fsp3) is 0.455. The third-order valence-corrected chi connectivity index (χ3v) is 4.62. The fourth-order valence-corrected chi connectivity index (χ4v) is 2.41. The summed E-state index contributed by atoms with van der Waals surface area (Å²) in [6, 6.07) is 5.57. The number of sulfonamides is 1. The molecule has 0 aliphatic rings. The lowest BCUT2D eigenvalue weighted by Crippen LogP contribution is -2.30. The van der Waals surface area contributed by atoms with Crippen LogP contribution in [0.3, 0.4) is 0 Å². The van der Waals surface area contributed by atoms with E-state index in [0.29, 0.717) is 0 Å². The molecular formula is C11H16FNO2S. The van der Waals surface area contributed by atoms with Crippen molar-refractivity contribution in [2.45, 2.75) is 19.9 Å². The summed E-state index contributed by atoms with van der Waals surface area (Å²) in [5.41, 5.74) is 0.779. The van der Waals surface area contributed by atoms with Crippen LogP contribution in [0, 0.1) is 5.82 Å². The van der Waals surface area contributed by atoms with Gasteiger partial charge in [0.1, 0.15) is 5.82 Å². The number of halogens is 1. The largest absolute Gasteiger partial charge is 0.214 e. The summed E-state index contributed by atoms with van der Waals surface area (Å²) in [6.07, 6.45) is 0. The van der Waals surface area contributed by atoms with E-state index in [-0.39, 0.29) is 17.6 Å². The summed E-state index contributed by atoms with van der Waals surface area (Å²) in [5.74, 6) is -0.258. The molecule has 0 saturated heterocycles. The van der Waals surface area contributed by atoms with Gasteiger partial charge in [-0.25, -0.2) is 12.8 Å². The van der Waals surface area contributed by atoms with Crippen molar-refractivity contribution in [3.05, 3.63) is 35.6 Å². The normalized spacial score (nSPS) is 14.1. The van der Waals surface area contributed by atoms with Gasteiger partial charge in [-0.05, 0) is 31.5 Å². The molecule has 0 aliphatic carbocycles. The molecule has 0 aliphatic heterocycles. The first kappa shape index (κ1) is 13.1. The monoisotopic (exact) mass is 245 g/mol. The molecule has 1 unspecified atom stereocenters. The highest BCUT2D eigenvalue weighted by molar-refractivity contribution is 7.89. The summed E-state index contributed by atoms with van der Waals surface area (Å²) in [5, 5.41) is 0. The Balaban J connectivity index is 2.94. The van der Waals surface area contributed by atoms with Gasteiger partial charge in [-0.2, -0.15) is 4.31 Å². The second-order valence-corrected chi connectivity index (χ2v) is 5.96. The van der Waals surface area contributed by atoms with Crippen molar-refractivity contribution in [2.24, 2.45) is 0 Å². The van der Waals surface area contributed by atoms with Crippen LogP contribution < -0.4 is 0 Å². The molecule has 1 atom stereocenters. The summed E-state index contributed by atoms with van der Waals surface area (Å²) < 4.78 is 37.3. The lowest BCUT2D eigenvalue weighted by molar-refractivity contribution is 0.399. The molecule has 5 heteroatoms. The molecule has 16 heavy (non-hydrogen) atoms. The Morgan fingerprint density at radius 3 is 2.25 bits per heavy atom. The molecule has 0 radical (unpaired) electrons. The van der Waals surface area contributed by atoms with E-state index in [0.717, 1.165) is 5.56 Å². The van der Waals surface area contributed by atoms with Gasteiger partial charge < -0.3 is 0 Å². The van der Waals surface area contributed by atoms with E-state index in [9.17, 15) is 12.8 Å². The summed E-state index contributed by atoms with van der Waals surface area (Å²) >= 11 is 0. The molecule has 0 saturated carbocycles. The first-order valence-corrected chi connectivity index (χ1v) is 6.70. The number of hydrogen-bond acceptors (Lipinski definition) is 2. The Morgan fingerprint density at radius 1 is 1.31 bits per heavy atom. The molecule has 1 aromatic carbocycles. The molecule has 3 nitrogen and oxygen atoms in total. The minimum atomic E-state index is -3.22. The summed E-state index contributed by atoms with van der Waals surface area (Å²) in [7, 11) is -1.68. The van der Waals surface area contributed by atoms with Crippen LogP contribution in [-0.4, -0.2) is 25.5 Å². The molecule has 0 amide bonds. The van der Waals surface area contributed by atoms with Crippen LogP contribution in [0.1, 0.15) is 25.5 Å². The maximum Gasteiger partial charge on any atom is 0.214 e. The fourth-order valence-electron chi connectivity index (χ4n) is 1.40.